The maximum absolute atomic E-state index is 8.60. The normalized spacial score (nSPS) is 14.2. The first-order valence-electron chi connectivity index (χ1n) is 4.62. The Labute approximate surface area is 95.1 Å². The maximum atomic E-state index is 8.60. The Kier molecular flexibility index (Phi) is 4.34. The highest BCUT2D eigenvalue weighted by Crippen LogP contribution is 2.27. The maximum Gasteiger partial charge on any atom is 0.0777 e. The Morgan fingerprint density at radius 3 is 2.50 bits per heavy atom. The van der Waals surface area contributed by atoms with Gasteiger partial charge in [0.1, 0.15) is 0 Å². The lowest BCUT2D eigenvalue weighted by Gasteiger charge is -2.19. The van der Waals surface area contributed by atoms with E-state index in [1.807, 2.05) is 12.1 Å². The van der Waals surface area contributed by atoms with Crippen LogP contribution in [0.2, 0.25) is 0 Å². The molecule has 1 heterocycles. The number of para-hydroxylation sites is 1. The van der Waals surface area contributed by atoms with Gasteiger partial charge < -0.3 is 11.1 Å². The minimum absolute atomic E-state index is 0.877. The van der Waals surface area contributed by atoms with Crippen LogP contribution in [0.3, 0.4) is 0 Å². The molecule has 0 bridgehead atoms. The number of anilines is 2. The average molecular weight is 249 g/mol. The minimum Gasteiger partial charge on any atom is -0.397 e. The van der Waals surface area contributed by atoms with Crippen molar-refractivity contribution in [1.29, 1.82) is 0 Å². The van der Waals surface area contributed by atoms with Gasteiger partial charge in [-0.15, -0.1) is 0 Å². The van der Waals surface area contributed by atoms with Gasteiger partial charge in [-0.05, 0) is 24.5 Å². The molecule has 7 heteroatoms. The Morgan fingerprint density at radius 2 is 1.94 bits per heavy atom. The second-order valence-corrected chi connectivity index (χ2v) is 4.10. The molecule has 0 saturated carbocycles. The van der Waals surface area contributed by atoms with Crippen LogP contribution >= 0.6 is 0 Å². The molecule has 2 rings (SSSR count). The molecule has 1 aliphatic rings. The van der Waals surface area contributed by atoms with Crippen molar-refractivity contribution in [3.8, 4) is 0 Å². The molecule has 0 aliphatic carbocycles. The average Bonchev–Trinajstić information content (AvgIpc) is 2.16. The van der Waals surface area contributed by atoms with Gasteiger partial charge >= 0.3 is 0 Å². The van der Waals surface area contributed by atoms with E-state index in [2.05, 4.69) is 11.4 Å². The third kappa shape index (κ3) is 4.65. The number of nitrogens with two attached hydrogens (primary N) is 1. The van der Waals surface area contributed by atoms with Crippen LogP contribution in [-0.2, 0) is 6.42 Å². The minimum atomic E-state index is -4.69. The van der Waals surface area contributed by atoms with E-state index in [9.17, 15) is 0 Å². The van der Waals surface area contributed by atoms with Gasteiger partial charge in [0.2, 0.25) is 0 Å². The molecule has 4 N–H and O–H groups in total. The second-order valence-electron chi connectivity index (χ2n) is 3.31. The van der Waals surface area contributed by atoms with Crippen LogP contribution in [-0.4, -0.2) is 11.2 Å². The third-order valence-electron chi connectivity index (χ3n) is 2.11. The van der Waals surface area contributed by atoms with Crippen molar-refractivity contribution in [1.82, 2.24) is 0 Å². The lowest BCUT2D eigenvalue weighted by atomic mass is 10.0. The van der Waals surface area contributed by atoms with Gasteiger partial charge in [0.25, 0.3) is 0 Å². The molecule has 0 fully saturated rings. The molecule has 1 aliphatic heterocycles. The fraction of sp³-hybridized carbons (Fsp3) is 0.333. The molecule has 0 aromatic heterocycles. The van der Waals surface area contributed by atoms with E-state index in [4.69, 9.17) is 24.4 Å². The number of hydrogen-bond acceptors (Lipinski definition) is 6. The molecule has 1 aromatic rings. The number of nitrogen functional groups attached to an aromatic ring is 1. The molecule has 1 aromatic carbocycles. The van der Waals surface area contributed by atoms with E-state index in [0.717, 1.165) is 24.3 Å². The van der Waals surface area contributed by atoms with Gasteiger partial charge in [0.05, 0.1) is 26.3 Å². The highest BCUT2D eigenvalue weighted by Gasteiger charge is 2.09. The zero-order valence-electron chi connectivity index (χ0n) is 8.48. The lowest BCUT2D eigenvalue weighted by molar-refractivity contribution is -1.92. The van der Waals surface area contributed by atoms with Gasteiger partial charge in [-0.2, -0.15) is 14.0 Å². The van der Waals surface area contributed by atoms with Crippen molar-refractivity contribution in [2.75, 3.05) is 17.6 Å². The summed E-state index contributed by atoms with van der Waals surface area (Å²) in [6.45, 7) is 1.06. The number of halogens is 1. The predicted octanol–water partition coefficient (Wildman–Crippen LogP) is -2.50. The summed E-state index contributed by atoms with van der Waals surface area (Å²) in [6.07, 6.45) is 2.38. The summed E-state index contributed by atoms with van der Waals surface area (Å²) in [5.74, 6) is 0. The van der Waals surface area contributed by atoms with Gasteiger partial charge in [0.15, 0.2) is 0 Å². The largest absolute Gasteiger partial charge is 0.397 e. The highest BCUT2D eigenvalue weighted by atomic mass is 35.7. The molecule has 0 radical (unpaired) electrons. The molecule has 0 amide bonds. The van der Waals surface area contributed by atoms with Crippen molar-refractivity contribution in [2.45, 2.75) is 12.8 Å². The van der Waals surface area contributed by atoms with E-state index in [1.54, 1.807) is 0 Å². The van der Waals surface area contributed by atoms with E-state index in [-0.39, 0.29) is 0 Å². The number of hydrogen-bond donors (Lipinski definition) is 3. The van der Waals surface area contributed by atoms with E-state index < -0.39 is 10.2 Å². The number of benzene rings is 1. The van der Waals surface area contributed by atoms with Gasteiger partial charge in [-0.25, -0.2) is 0 Å². The van der Waals surface area contributed by atoms with Crippen molar-refractivity contribution in [3.63, 3.8) is 0 Å². The topological polar surface area (TPSA) is 127 Å². The van der Waals surface area contributed by atoms with Crippen molar-refractivity contribution in [3.05, 3.63) is 23.8 Å². The zero-order chi connectivity index (χ0) is 12.2. The molecule has 90 valence electrons. The first-order chi connectivity index (χ1) is 7.38. The summed E-state index contributed by atoms with van der Waals surface area (Å²) in [4.78, 5) is 0. The smallest absolute Gasteiger partial charge is 0.0777 e. The van der Waals surface area contributed by atoms with Crippen LogP contribution in [0.4, 0.5) is 11.4 Å². The first kappa shape index (κ1) is 13.0. The van der Waals surface area contributed by atoms with Crippen LogP contribution in [0.1, 0.15) is 12.0 Å². The third-order valence-corrected chi connectivity index (χ3v) is 2.11. The number of nitrogens with one attached hydrogen (secondary N) is 1. The van der Waals surface area contributed by atoms with Crippen molar-refractivity contribution >= 4 is 11.4 Å². The molecule has 0 unspecified atom stereocenters. The molecule has 0 spiro atoms. The van der Waals surface area contributed by atoms with E-state index >= 15 is 0 Å². The summed E-state index contributed by atoms with van der Waals surface area (Å²) in [6, 6.07) is 6.09. The Bertz CT molecular complexity index is 348. The second kappa shape index (κ2) is 5.33. The van der Waals surface area contributed by atoms with Crippen molar-refractivity contribution < 1.29 is 28.9 Å². The van der Waals surface area contributed by atoms with Crippen LogP contribution in [0.5, 0.6) is 0 Å². The van der Waals surface area contributed by atoms with Crippen LogP contribution in [0.15, 0.2) is 18.2 Å². The Balaban J connectivity index is 0.000000221. The standard InChI is InChI=1S/C9H12N2.ClHO4/c10-8-5-1-3-7-4-2-6-11-9(7)8;2-1(3,4)5/h1,3,5,11H,2,4,6,10H2;(H,2,3,4,5). The van der Waals surface area contributed by atoms with E-state index in [1.165, 1.54) is 12.0 Å². The Hall–Kier alpha value is -1.05. The monoisotopic (exact) mass is 248 g/mol. The summed E-state index contributed by atoms with van der Waals surface area (Å²) in [5.41, 5.74) is 9.17. The quantitative estimate of drug-likeness (QED) is 0.436. The fourth-order valence-electron chi connectivity index (χ4n) is 1.54. The van der Waals surface area contributed by atoms with E-state index in [0.29, 0.717) is 0 Å². The summed E-state index contributed by atoms with van der Waals surface area (Å²) in [5, 5.41) is 3.31. The molecule has 0 saturated heterocycles. The van der Waals surface area contributed by atoms with Crippen molar-refractivity contribution in [2.24, 2.45) is 0 Å². The summed E-state index contributed by atoms with van der Waals surface area (Å²) in [7, 11) is -4.69. The molecular weight excluding hydrogens is 236 g/mol. The predicted molar refractivity (Wildman–Crippen MR) is 49.9 cm³/mol. The van der Waals surface area contributed by atoms with Crippen LogP contribution in [0.25, 0.3) is 0 Å². The summed E-state index contributed by atoms with van der Waals surface area (Å²) < 4.78 is 32.7. The van der Waals surface area contributed by atoms with Gasteiger partial charge in [-0.3, -0.25) is 0 Å². The van der Waals surface area contributed by atoms with Gasteiger partial charge in [-0.1, -0.05) is 12.1 Å². The lowest BCUT2D eigenvalue weighted by Crippen LogP contribution is -2.58. The first-order valence-corrected chi connectivity index (χ1v) is 5.89. The molecular formula is C9H13ClN2O4. The fourth-order valence-corrected chi connectivity index (χ4v) is 1.54. The molecule has 16 heavy (non-hydrogen) atoms. The highest BCUT2D eigenvalue weighted by molar-refractivity contribution is 5.70. The summed E-state index contributed by atoms with van der Waals surface area (Å²) >= 11 is 0. The zero-order valence-corrected chi connectivity index (χ0v) is 9.24. The van der Waals surface area contributed by atoms with Crippen LogP contribution in [0, 0.1) is 10.2 Å². The molecule has 6 nitrogen and oxygen atoms in total. The number of aryl methyl sites for hydroxylation is 1. The number of fused-ring (bicyclic) bond motifs is 1. The van der Waals surface area contributed by atoms with Gasteiger partial charge in [0, 0.05) is 6.54 Å². The Morgan fingerprint density at radius 1 is 1.31 bits per heavy atom. The molecule has 0 atom stereocenters. The number of rotatable bonds is 0. The van der Waals surface area contributed by atoms with Crippen LogP contribution < -0.4 is 25.0 Å². The SMILES string of the molecule is Nc1cccc2c1NCCC2.[O-][Cl+3]([O-])([O-])O.